The van der Waals surface area contributed by atoms with E-state index in [2.05, 4.69) is 237 Å². The van der Waals surface area contributed by atoms with Crippen molar-refractivity contribution in [2.45, 2.75) is 175 Å². The van der Waals surface area contributed by atoms with Crippen molar-refractivity contribution in [1.29, 1.82) is 0 Å². The predicted molar refractivity (Wildman–Crippen MR) is 319 cm³/mol. The number of anilines is 6. The van der Waals surface area contributed by atoms with Crippen LogP contribution in [0.1, 0.15) is 173 Å². The molecule has 7 aromatic carbocycles. The van der Waals surface area contributed by atoms with Crippen LogP contribution in [0.4, 0.5) is 34.1 Å². The lowest BCUT2D eigenvalue weighted by Crippen LogP contribution is -2.61. The minimum Gasteiger partial charge on any atom is -0.311 e. The summed E-state index contributed by atoms with van der Waals surface area (Å²) in [7, 11) is 0. The Hall–Kier alpha value is -5.58. The van der Waals surface area contributed by atoms with Crippen LogP contribution in [0.15, 0.2) is 109 Å². The minimum atomic E-state index is -0.118. The first-order chi connectivity index (χ1) is 34.1. The lowest BCUT2D eigenvalue weighted by Gasteiger charge is -2.46. The van der Waals surface area contributed by atoms with Crippen LogP contribution < -0.4 is 26.2 Å². The Kier molecular flexibility index (Phi) is 9.45. The van der Waals surface area contributed by atoms with Crippen LogP contribution in [-0.4, -0.2) is 6.71 Å². The van der Waals surface area contributed by atoms with Crippen LogP contribution >= 0.6 is 11.3 Å². The van der Waals surface area contributed by atoms with Crippen molar-refractivity contribution >= 4 is 88.7 Å². The molecule has 0 spiro atoms. The highest BCUT2D eigenvalue weighted by Gasteiger charge is 2.51. The molecule has 0 saturated carbocycles. The molecule has 4 heteroatoms. The van der Waals surface area contributed by atoms with Gasteiger partial charge in [-0.05, 0) is 197 Å². The average Bonchev–Trinajstić information content (AvgIpc) is 3.89. The summed E-state index contributed by atoms with van der Waals surface area (Å²) < 4.78 is 2.69. The van der Waals surface area contributed by atoms with Gasteiger partial charge in [-0.2, -0.15) is 0 Å². The maximum Gasteiger partial charge on any atom is 0.252 e. The molecule has 5 aliphatic rings. The number of hydrogen-bond acceptors (Lipinski definition) is 3. The van der Waals surface area contributed by atoms with Crippen LogP contribution in [0.3, 0.4) is 0 Å². The molecule has 0 amide bonds. The number of nitrogens with zero attached hydrogens (tertiary/aromatic N) is 2. The van der Waals surface area contributed by atoms with Crippen molar-refractivity contribution < 1.29 is 0 Å². The Bertz CT molecular complexity index is 3750. The molecule has 0 N–H and O–H groups in total. The minimum absolute atomic E-state index is 0.00471. The van der Waals surface area contributed by atoms with E-state index in [0.717, 1.165) is 19.3 Å². The van der Waals surface area contributed by atoms with Gasteiger partial charge in [-0.15, -0.1) is 11.3 Å². The van der Waals surface area contributed by atoms with Gasteiger partial charge in [-0.3, -0.25) is 0 Å². The van der Waals surface area contributed by atoms with Gasteiger partial charge in [0.25, 0.3) is 6.71 Å². The number of hydrogen-bond donors (Lipinski definition) is 0. The molecule has 2 aliphatic heterocycles. The van der Waals surface area contributed by atoms with Gasteiger partial charge >= 0.3 is 0 Å². The molecule has 8 aromatic rings. The van der Waals surface area contributed by atoms with Crippen LogP contribution in [0.25, 0.3) is 31.3 Å². The molecule has 0 saturated heterocycles. The van der Waals surface area contributed by atoms with Crippen molar-refractivity contribution in [1.82, 2.24) is 0 Å². The van der Waals surface area contributed by atoms with E-state index in [9.17, 15) is 0 Å². The Morgan fingerprint density at radius 1 is 0.438 bits per heavy atom. The van der Waals surface area contributed by atoms with Gasteiger partial charge in [0, 0.05) is 54.3 Å². The summed E-state index contributed by atoms with van der Waals surface area (Å²) >= 11 is 1.91. The first-order valence-electron chi connectivity index (χ1n) is 27.4. The molecule has 370 valence electrons. The molecular weight excluding hydrogens is 900 g/mol. The summed E-state index contributed by atoms with van der Waals surface area (Å²) in [6.45, 7) is 41.7. The van der Waals surface area contributed by atoms with E-state index in [-0.39, 0.29) is 44.6 Å². The lowest BCUT2D eigenvalue weighted by molar-refractivity contribution is 0.402. The maximum atomic E-state index is 2.77. The molecule has 3 aliphatic carbocycles. The maximum absolute atomic E-state index is 2.77. The van der Waals surface area contributed by atoms with E-state index >= 15 is 0 Å². The van der Waals surface area contributed by atoms with Crippen molar-refractivity contribution in [3.63, 3.8) is 0 Å². The van der Waals surface area contributed by atoms with E-state index < -0.39 is 0 Å². The third-order valence-corrected chi connectivity index (χ3v) is 20.1. The Labute approximate surface area is 441 Å². The van der Waals surface area contributed by atoms with Crippen molar-refractivity contribution in [2.75, 3.05) is 9.80 Å². The Morgan fingerprint density at radius 3 is 1.42 bits per heavy atom. The van der Waals surface area contributed by atoms with Gasteiger partial charge in [0.2, 0.25) is 0 Å². The van der Waals surface area contributed by atoms with Gasteiger partial charge in [-0.25, -0.2) is 0 Å². The Balaban J connectivity index is 1.18. The summed E-state index contributed by atoms with van der Waals surface area (Å²) in [5.74, 6) is 0. The molecule has 0 bridgehead atoms. The molecule has 0 atom stereocenters. The van der Waals surface area contributed by atoms with Gasteiger partial charge in [0.15, 0.2) is 0 Å². The normalized spacial score (nSPS) is 19.7. The van der Waals surface area contributed by atoms with Gasteiger partial charge < -0.3 is 9.80 Å². The van der Waals surface area contributed by atoms with E-state index in [1.165, 1.54) is 132 Å². The number of thiophene rings is 1. The van der Waals surface area contributed by atoms with Gasteiger partial charge in [0.05, 0.1) is 0 Å². The first kappa shape index (κ1) is 47.2. The second-order valence-corrected chi connectivity index (χ2v) is 29.6. The monoisotopic (exact) mass is 975 g/mol. The number of aryl methyl sites for hydroxylation is 2. The number of rotatable bonds is 3. The highest BCUT2D eigenvalue weighted by molar-refractivity contribution is 7.26. The van der Waals surface area contributed by atoms with Crippen LogP contribution in [0, 0.1) is 13.8 Å². The second kappa shape index (κ2) is 14.6. The first-order valence-corrected chi connectivity index (χ1v) is 28.2. The highest BCUT2D eigenvalue weighted by atomic mass is 32.1. The average molecular weight is 975 g/mol. The second-order valence-electron chi connectivity index (χ2n) is 28.5. The molecule has 0 radical (unpaired) electrons. The van der Waals surface area contributed by atoms with E-state index in [1.807, 2.05) is 11.3 Å². The molecule has 0 unspecified atom stereocenters. The van der Waals surface area contributed by atoms with Gasteiger partial charge in [0.1, 0.15) is 0 Å². The zero-order valence-electron chi connectivity index (χ0n) is 46.9. The molecular formula is C69H75BN2S. The lowest BCUT2D eigenvalue weighted by atomic mass is 9.33. The predicted octanol–water partition coefficient (Wildman–Crippen LogP) is 17.6. The summed E-state index contributed by atoms with van der Waals surface area (Å²) in [6.07, 6.45) is 3.39. The fraction of sp³-hybridized carbons (Fsp3) is 0.391. The summed E-state index contributed by atoms with van der Waals surface area (Å²) in [4.78, 5) is 5.50. The SMILES string of the molecule is Cc1cc2c(cc1N1c3ccc(-c4cccc5sc6ccccc6c45)cc3B3c4cc5c(cc4N(c4cc6c(cc4C)C(C)(C)CC6(C)C)c4cc(C(C)(C)C)cc1c43)C(C)(C)CC5(C)C)C(C)(C)CC2(C)C. The van der Waals surface area contributed by atoms with E-state index in [0.29, 0.717) is 0 Å². The number of fused-ring (bicyclic) bond motifs is 10. The standard InChI is InChI=1S/C69H75BN2S/c1-39-27-45-48(67(12,13)36-64(45,6)7)33-54(39)71-53-26-25-41(43-22-20-24-60-61(43)44-21-18-19-23-59(44)73-60)29-51(53)70-52-32-47-50(69(16,17)38-66(47,10)11)35-56(52)72(58-31-42(63(3,4)5)30-57(71)62(58)70)55-34-49-46(28-40(55)2)65(8,9)37-68(49,14)15/h18-35H,36-38H2,1-17H3. The fourth-order valence-electron chi connectivity index (χ4n) is 16.3. The summed E-state index contributed by atoms with van der Waals surface area (Å²) in [6, 6.07) is 44.6. The topological polar surface area (TPSA) is 6.48 Å². The van der Waals surface area contributed by atoms with Crippen molar-refractivity contribution in [2.24, 2.45) is 0 Å². The highest BCUT2D eigenvalue weighted by Crippen LogP contribution is 2.57. The molecule has 1 aromatic heterocycles. The molecule has 0 fully saturated rings. The third-order valence-electron chi connectivity index (χ3n) is 19.0. The third kappa shape index (κ3) is 6.60. The van der Waals surface area contributed by atoms with Crippen LogP contribution in [0.2, 0.25) is 0 Å². The zero-order chi connectivity index (χ0) is 51.6. The zero-order valence-corrected chi connectivity index (χ0v) is 47.7. The Morgan fingerprint density at radius 2 is 0.890 bits per heavy atom. The van der Waals surface area contributed by atoms with Crippen LogP contribution in [-0.2, 0) is 37.9 Å². The van der Waals surface area contributed by atoms with Crippen molar-refractivity contribution in [3.8, 4) is 11.1 Å². The van der Waals surface area contributed by atoms with Crippen LogP contribution in [0.5, 0.6) is 0 Å². The van der Waals surface area contributed by atoms with E-state index in [4.69, 9.17) is 0 Å². The fourth-order valence-corrected chi connectivity index (χ4v) is 17.4. The van der Waals surface area contributed by atoms with Gasteiger partial charge in [-0.1, -0.05) is 165 Å². The quantitative estimate of drug-likeness (QED) is 0.163. The molecule has 73 heavy (non-hydrogen) atoms. The largest absolute Gasteiger partial charge is 0.311 e. The molecule has 2 nitrogen and oxygen atoms in total. The molecule has 13 rings (SSSR count). The van der Waals surface area contributed by atoms with Crippen molar-refractivity contribution in [3.05, 3.63) is 159 Å². The molecule has 3 heterocycles. The summed E-state index contributed by atoms with van der Waals surface area (Å²) in [5, 5.41) is 2.70. The summed E-state index contributed by atoms with van der Waals surface area (Å²) in [5.41, 5.74) is 28.0. The smallest absolute Gasteiger partial charge is 0.252 e. The van der Waals surface area contributed by atoms with E-state index in [1.54, 1.807) is 0 Å². The number of benzene rings is 7.